The second kappa shape index (κ2) is 5.51. The SMILES string of the molecule is O=C(c1cnc(C2CC2)nc1)N1CCCCC1c1ccn[nH]1. The predicted molar refractivity (Wildman–Crippen MR) is 80.2 cm³/mol. The largest absolute Gasteiger partial charge is 0.330 e. The lowest BCUT2D eigenvalue weighted by atomic mass is 9.98. The molecule has 0 bridgehead atoms. The van der Waals surface area contributed by atoms with Gasteiger partial charge in [0.2, 0.25) is 0 Å². The number of hydrogen-bond acceptors (Lipinski definition) is 4. The summed E-state index contributed by atoms with van der Waals surface area (Å²) in [6.07, 6.45) is 10.6. The van der Waals surface area contributed by atoms with E-state index in [1.165, 1.54) is 12.8 Å². The molecule has 6 nitrogen and oxygen atoms in total. The Hall–Kier alpha value is -2.24. The van der Waals surface area contributed by atoms with Crippen molar-refractivity contribution < 1.29 is 4.79 Å². The third-order valence-electron chi connectivity index (χ3n) is 4.51. The van der Waals surface area contributed by atoms with Crippen LogP contribution < -0.4 is 0 Å². The molecule has 22 heavy (non-hydrogen) atoms. The summed E-state index contributed by atoms with van der Waals surface area (Å²) in [6, 6.07) is 2.02. The summed E-state index contributed by atoms with van der Waals surface area (Å²) in [5.74, 6) is 1.40. The number of nitrogens with zero attached hydrogens (tertiary/aromatic N) is 4. The fourth-order valence-corrected chi connectivity index (χ4v) is 3.12. The van der Waals surface area contributed by atoms with Crippen LogP contribution >= 0.6 is 0 Å². The predicted octanol–water partition coefficient (Wildman–Crippen LogP) is 2.44. The van der Waals surface area contributed by atoms with Crippen LogP contribution in [0.3, 0.4) is 0 Å². The lowest BCUT2D eigenvalue weighted by Crippen LogP contribution is -2.38. The fraction of sp³-hybridized carbons (Fsp3) is 0.500. The number of rotatable bonds is 3. The number of amides is 1. The number of nitrogens with one attached hydrogen (secondary N) is 1. The van der Waals surface area contributed by atoms with Gasteiger partial charge in [0.1, 0.15) is 5.82 Å². The Labute approximate surface area is 129 Å². The van der Waals surface area contributed by atoms with E-state index in [0.29, 0.717) is 11.5 Å². The summed E-state index contributed by atoms with van der Waals surface area (Å²) in [5.41, 5.74) is 1.58. The molecule has 4 rings (SSSR count). The molecular weight excluding hydrogens is 278 g/mol. The Bertz CT molecular complexity index is 648. The average Bonchev–Trinajstić information content (AvgIpc) is 3.29. The maximum absolute atomic E-state index is 12.8. The normalized spacial score (nSPS) is 21.8. The first kappa shape index (κ1) is 13.4. The van der Waals surface area contributed by atoms with Crippen molar-refractivity contribution in [2.75, 3.05) is 6.54 Å². The van der Waals surface area contributed by atoms with E-state index in [1.807, 2.05) is 11.0 Å². The zero-order valence-corrected chi connectivity index (χ0v) is 12.4. The molecule has 2 fully saturated rings. The Balaban J connectivity index is 1.56. The Morgan fingerprint density at radius 1 is 1.18 bits per heavy atom. The first-order valence-electron chi connectivity index (χ1n) is 7.95. The van der Waals surface area contributed by atoms with Crippen LogP contribution in [0, 0.1) is 0 Å². The van der Waals surface area contributed by atoms with E-state index in [2.05, 4.69) is 20.2 Å². The Morgan fingerprint density at radius 3 is 2.68 bits per heavy atom. The first-order chi connectivity index (χ1) is 10.8. The van der Waals surface area contributed by atoms with E-state index >= 15 is 0 Å². The summed E-state index contributed by atoms with van der Waals surface area (Å²) in [6.45, 7) is 0.771. The topological polar surface area (TPSA) is 74.8 Å². The molecule has 2 aromatic heterocycles. The molecule has 1 atom stereocenters. The standard InChI is InChI=1S/C16H19N5O/c22-16(12-9-17-15(18-10-12)11-4-5-11)21-8-2-1-3-14(21)13-6-7-19-20-13/h6-7,9-11,14H,1-5,8H2,(H,19,20). The van der Waals surface area contributed by atoms with E-state index in [1.54, 1.807) is 18.6 Å². The summed E-state index contributed by atoms with van der Waals surface area (Å²) in [4.78, 5) is 23.5. The minimum absolute atomic E-state index is 0.0154. The van der Waals surface area contributed by atoms with Crippen molar-refractivity contribution in [1.82, 2.24) is 25.1 Å². The Morgan fingerprint density at radius 2 is 2.00 bits per heavy atom. The van der Waals surface area contributed by atoms with Gasteiger partial charge in [0.05, 0.1) is 17.3 Å². The minimum Gasteiger partial charge on any atom is -0.330 e. The second-order valence-electron chi connectivity index (χ2n) is 6.13. The van der Waals surface area contributed by atoms with Crippen LogP contribution in [0.5, 0.6) is 0 Å². The van der Waals surface area contributed by atoms with Crippen LogP contribution in [0.15, 0.2) is 24.7 Å². The molecule has 6 heteroatoms. The van der Waals surface area contributed by atoms with Crippen LogP contribution in [0.1, 0.15) is 65.9 Å². The maximum Gasteiger partial charge on any atom is 0.257 e. The smallest absolute Gasteiger partial charge is 0.257 e. The zero-order valence-electron chi connectivity index (χ0n) is 12.4. The lowest BCUT2D eigenvalue weighted by molar-refractivity contribution is 0.0605. The molecule has 2 aromatic rings. The number of piperidine rings is 1. The van der Waals surface area contributed by atoms with Crippen molar-refractivity contribution in [2.45, 2.75) is 44.1 Å². The summed E-state index contributed by atoms with van der Waals surface area (Å²) in [7, 11) is 0. The summed E-state index contributed by atoms with van der Waals surface area (Å²) >= 11 is 0. The van der Waals surface area contributed by atoms with Gasteiger partial charge in [0.15, 0.2) is 0 Å². The molecule has 2 aliphatic rings. The van der Waals surface area contributed by atoms with Gasteiger partial charge in [-0.1, -0.05) is 0 Å². The number of H-pyrrole nitrogens is 1. The lowest BCUT2D eigenvalue weighted by Gasteiger charge is -2.35. The number of carbonyl (C=O) groups is 1. The van der Waals surface area contributed by atoms with E-state index in [-0.39, 0.29) is 11.9 Å². The van der Waals surface area contributed by atoms with Gasteiger partial charge in [0, 0.05) is 31.1 Å². The molecule has 0 aromatic carbocycles. The molecule has 1 saturated carbocycles. The highest BCUT2D eigenvalue weighted by molar-refractivity contribution is 5.94. The van der Waals surface area contributed by atoms with Crippen LogP contribution in [-0.2, 0) is 0 Å². The van der Waals surface area contributed by atoms with Gasteiger partial charge in [-0.25, -0.2) is 9.97 Å². The van der Waals surface area contributed by atoms with Crippen molar-refractivity contribution in [3.63, 3.8) is 0 Å². The molecule has 1 aliphatic carbocycles. The highest BCUT2D eigenvalue weighted by atomic mass is 16.2. The van der Waals surface area contributed by atoms with Gasteiger partial charge in [-0.2, -0.15) is 5.10 Å². The van der Waals surface area contributed by atoms with E-state index in [4.69, 9.17) is 0 Å². The fourth-order valence-electron chi connectivity index (χ4n) is 3.12. The molecule has 3 heterocycles. The van der Waals surface area contributed by atoms with Gasteiger partial charge in [-0.3, -0.25) is 9.89 Å². The van der Waals surface area contributed by atoms with Crippen molar-refractivity contribution in [2.24, 2.45) is 0 Å². The Kier molecular flexibility index (Phi) is 3.36. The molecule has 1 unspecified atom stereocenters. The first-order valence-corrected chi connectivity index (χ1v) is 7.95. The molecule has 1 N–H and O–H groups in total. The monoisotopic (exact) mass is 297 g/mol. The highest BCUT2D eigenvalue weighted by Crippen LogP contribution is 2.37. The van der Waals surface area contributed by atoms with Gasteiger partial charge in [-0.05, 0) is 38.2 Å². The molecular formula is C16H19N5O. The van der Waals surface area contributed by atoms with Gasteiger partial charge < -0.3 is 4.90 Å². The molecule has 114 valence electrons. The van der Waals surface area contributed by atoms with E-state index < -0.39 is 0 Å². The van der Waals surface area contributed by atoms with Crippen molar-refractivity contribution >= 4 is 5.91 Å². The van der Waals surface area contributed by atoms with Crippen molar-refractivity contribution in [1.29, 1.82) is 0 Å². The van der Waals surface area contributed by atoms with Crippen LogP contribution in [0.2, 0.25) is 0 Å². The third kappa shape index (κ3) is 2.49. The molecule has 1 amide bonds. The number of aromatic amines is 1. The second-order valence-corrected chi connectivity index (χ2v) is 6.13. The third-order valence-corrected chi connectivity index (χ3v) is 4.51. The van der Waals surface area contributed by atoms with Crippen LogP contribution in [0.4, 0.5) is 0 Å². The van der Waals surface area contributed by atoms with E-state index in [9.17, 15) is 4.79 Å². The molecule has 0 spiro atoms. The quantitative estimate of drug-likeness (QED) is 0.944. The van der Waals surface area contributed by atoms with Gasteiger partial charge in [-0.15, -0.1) is 0 Å². The molecule has 0 radical (unpaired) electrons. The van der Waals surface area contributed by atoms with Gasteiger partial charge in [0.25, 0.3) is 5.91 Å². The average molecular weight is 297 g/mol. The maximum atomic E-state index is 12.8. The van der Waals surface area contributed by atoms with Crippen LogP contribution in [0.25, 0.3) is 0 Å². The summed E-state index contributed by atoms with van der Waals surface area (Å²) < 4.78 is 0. The number of aromatic nitrogens is 4. The zero-order chi connectivity index (χ0) is 14.9. The number of hydrogen-bond donors (Lipinski definition) is 1. The van der Waals surface area contributed by atoms with E-state index in [0.717, 1.165) is 37.3 Å². The molecule has 1 saturated heterocycles. The van der Waals surface area contributed by atoms with Crippen LogP contribution in [-0.4, -0.2) is 37.5 Å². The van der Waals surface area contributed by atoms with Crippen molar-refractivity contribution in [3.05, 3.63) is 41.7 Å². The minimum atomic E-state index is 0.0154. The highest BCUT2D eigenvalue weighted by Gasteiger charge is 2.31. The summed E-state index contributed by atoms with van der Waals surface area (Å²) in [5, 5.41) is 7.01. The van der Waals surface area contributed by atoms with Gasteiger partial charge >= 0.3 is 0 Å². The number of carbonyl (C=O) groups excluding carboxylic acids is 1. The van der Waals surface area contributed by atoms with Crippen molar-refractivity contribution in [3.8, 4) is 0 Å². The molecule has 1 aliphatic heterocycles. The number of likely N-dealkylation sites (tertiary alicyclic amines) is 1.